The van der Waals surface area contributed by atoms with Gasteiger partial charge in [0.2, 0.25) is 0 Å². The van der Waals surface area contributed by atoms with E-state index in [4.69, 9.17) is 0 Å². The second-order valence-electron chi connectivity index (χ2n) is 3.68. The Labute approximate surface area is 84.2 Å². The Balaban J connectivity index is 2.92. The minimum Gasteiger partial charge on any atom is -0.389 e. The lowest BCUT2D eigenvalue weighted by molar-refractivity contribution is 0.0778. The zero-order chi connectivity index (χ0) is 9.90. The highest BCUT2D eigenvalue weighted by Gasteiger charge is 2.26. The van der Waals surface area contributed by atoms with Crippen LogP contribution in [0, 0.1) is 0 Å². The van der Waals surface area contributed by atoms with E-state index in [0.717, 1.165) is 0 Å². The van der Waals surface area contributed by atoms with Crippen molar-refractivity contribution in [1.82, 2.24) is 0 Å². The van der Waals surface area contributed by atoms with Crippen molar-refractivity contribution < 1.29 is 5.11 Å². The first-order valence-corrected chi connectivity index (χ1v) is 5.64. The van der Waals surface area contributed by atoms with Crippen LogP contribution in [0.15, 0.2) is 30.3 Å². The smallest absolute Gasteiger partial charge is 0.0750 e. The third-order valence-corrected chi connectivity index (χ3v) is 3.30. The molecule has 0 aromatic heterocycles. The molecule has 72 valence electrons. The lowest BCUT2D eigenvalue weighted by Gasteiger charge is -2.28. The molecule has 0 saturated heterocycles. The summed E-state index contributed by atoms with van der Waals surface area (Å²) in [5.41, 5.74) is 0.517. The van der Waals surface area contributed by atoms with Crippen molar-refractivity contribution in [3.8, 4) is 0 Å². The minimum atomic E-state index is -0.666. The molecule has 2 heteroatoms. The minimum absolute atomic E-state index is 0.147. The van der Waals surface area contributed by atoms with Crippen molar-refractivity contribution in [2.75, 3.05) is 6.26 Å². The van der Waals surface area contributed by atoms with E-state index in [1.807, 2.05) is 38.3 Å². The molecule has 0 unspecified atom stereocenters. The first kappa shape index (κ1) is 10.6. The van der Waals surface area contributed by atoms with E-state index in [1.54, 1.807) is 11.8 Å². The van der Waals surface area contributed by atoms with Gasteiger partial charge in [0.25, 0.3) is 0 Å². The molecule has 0 bridgehead atoms. The molecule has 0 aliphatic rings. The van der Waals surface area contributed by atoms with Gasteiger partial charge in [-0.25, -0.2) is 0 Å². The molecule has 0 fully saturated rings. The molecule has 1 nitrogen and oxygen atoms in total. The Kier molecular flexibility index (Phi) is 3.40. The molecule has 1 aromatic carbocycles. The summed E-state index contributed by atoms with van der Waals surface area (Å²) in [5, 5.41) is 10.1. The average molecular weight is 196 g/mol. The molecule has 0 spiro atoms. The summed E-state index contributed by atoms with van der Waals surface area (Å²) in [6.07, 6.45) is 2.02. The molecule has 0 aliphatic carbocycles. The maximum Gasteiger partial charge on any atom is 0.0750 e. The first-order chi connectivity index (χ1) is 6.05. The van der Waals surface area contributed by atoms with Crippen LogP contribution in [0.4, 0.5) is 0 Å². The van der Waals surface area contributed by atoms with Crippen LogP contribution >= 0.6 is 11.8 Å². The Morgan fingerprint density at radius 2 is 1.77 bits per heavy atom. The van der Waals surface area contributed by atoms with Gasteiger partial charge in [0.05, 0.1) is 10.9 Å². The summed E-state index contributed by atoms with van der Waals surface area (Å²) in [5.74, 6) is 0. The molecule has 0 aliphatic heterocycles. The van der Waals surface area contributed by atoms with E-state index in [-0.39, 0.29) is 5.25 Å². The summed E-state index contributed by atoms with van der Waals surface area (Å²) in [7, 11) is 0. The summed E-state index contributed by atoms with van der Waals surface area (Å²) in [4.78, 5) is 0. The van der Waals surface area contributed by atoms with Crippen LogP contribution in [0.1, 0.15) is 24.7 Å². The number of thioether (sulfide) groups is 1. The molecule has 0 saturated carbocycles. The van der Waals surface area contributed by atoms with Crippen molar-refractivity contribution in [3.05, 3.63) is 35.9 Å². The van der Waals surface area contributed by atoms with Crippen molar-refractivity contribution in [3.63, 3.8) is 0 Å². The fourth-order valence-corrected chi connectivity index (χ4v) is 2.47. The van der Waals surface area contributed by atoms with Gasteiger partial charge in [-0.2, -0.15) is 11.8 Å². The van der Waals surface area contributed by atoms with E-state index in [0.29, 0.717) is 0 Å². The second-order valence-corrected chi connectivity index (χ2v) is 4.62. The fraction of sp³-hybridized carbons (Fsp3) is 0.455. The van der Waals surface area contributed by atoms with Crippen molar-refractivity contribution >= 4 is 11.8 Å². The predicted octanol–water partition coefficient (Wildman–Crippen LogP) is 2.86. The number of hydrogen-bond donors (Lipinski definition) is 1. The SMILES string of the molecule is CS[C@H](c1ccccc1)C(C)(C)O. The quantitative estimate of drug-likeness (QED) is 0.802. The summed E-state index contributed by atoms with van der Waals surface area (Å²) < 4.78 is 0. The van der Waals surface area contributed by atoms with Crippen LogP contribution in [0.5, 0.6) is 0 Å². The molecule has 0 heterocycles. The third kappa shape index (κ3) is 2.75. The standard InChI is InChI=1S/C11H16OS/c1-11(2,12)10(13-3)9-7-5-4-6-8-9/h4-8,10,12H,1-3H3/t10-/m1/s1. The zero-order valence-electron chi connectivity index (χ0n) is 8.32. The average Bonchev–Trinajstić information content (AvgIpc) is 2.05. The molecule has 0 radical (unpaired) electrons. The summed E-state index contributed by atoms with van der Waals surface area (Å²) >= 11 is 1.68. The fourth-order valence-electron chi connectivity index (χ4n) is 1.46. The van der Waals surface area contributed by atoms with E-state index in [1.165, 1.54) is 5.56 Å². The number of aliphatic hydroxyl groups is 1. The van der Waals surface area contributed by atoms with Gasteiger partial charge >= 0.3 is 0 Å². The van der Waals surface area contributed by atoms with Gasteiger partial charge in [0.1, 0.15) is 0 Å². The van der Waals surface area contributed by atoms with Gasteiger partial charge in [0.15, 0.2) is 0 Å². The van der Waals surface area contributed by atoms with Gasteiger partial charge in [-0.15, -0.1) is 0 Å². The van der Waals surface area contributed by atoms with Crippen molar-refractivity contribution in [2.45, 2.75) is 24.7 Å². The summed E-state index contributed by atoms with van der Waals surface area (Å²) in [6.45, 7) is 3.70. The van der Waals surface area contributed by atoms with Gasteiger partial charge in [-0.1, -0.05) is 30.3 Å². The Bertz CT molecular complexity index is 251. The zero-order valence-corrected chi connectivity index (χ0v) is 9.14. The van der Waals surface area contributed by atoms with Crippen LogP contribution in [0.25, 0.3) is 0 Å². The molecular formula is C11H16OS. The normalized spacial score (nSPS) is 14.2. The van der Waals surface area contributed by atoms with Gasteiger partial charge in [0, 0.05) is 0 Å². The maximum absolute atomic E-state index is 9.91. The van der Waals surface area contributed by atoms with Gasteiger partial charge in [-0.05, 0) is 25.7 Å². The van der Waals surface area contributed by atoms with Crippen LogP contribution < -0.4 is 0 Å². The molecule has 0 amide bonds. The number of benzene rings is 1. The van der Waals surface area contributed by atoms with Crippen LogP contribution in [0.3, 0.4) is 0 Å². The van der Waals surface area contributed by atoms with Crippen LogP contribution in [-0.2, 0) is 0 Å². The molecule has 1 aromatic rings. The lowest BCUT2D eigenvalue weighted by Crippen LogP contribution is -2.26. The summed E-state index contributed by atoms with van der Waals surface area (Å²) in [6, 6.07) is 10.1. The number of hydrogen-bond acceptors (Lipinski definition) is 2. The first-order valence-electron chi connectivity index (χ1n) is 4.36. The highest BCUT2D eigenvalue weighted by Crippen LogP contribution is 2.36. The monoisotopic (exact) mass is 196 g/mol. The maximum atomic E-state index is 9.91. The Morgan fingerprint density at radius 1 is 1.23 bits per heavy atom. The van der Waals surface area contributed by atoms with E-state index < -0.39 is 5.60 Å². The predicted molar refractivity (Wildman–Crippen MR) is 59.0 cm³/mol. The molecular weight excluding hydrogens is 180 g/mol. The van der Waals surface area contributed by atoms with Crippen molar-refractivity contribution in [1.29, 1.82) is 0 Å². The van der Waals surface area contributed by atoms with Gasteiger partial charge < -0.3 is 5.11 Å². The highest BCUT2D eigenvalue weighted by atomic mass is 32.2. The van der Waals surface area contributed by atoms with Gasteiger partial charge in [-0.3, -0.25) is 0 Å². The molecule has 1 N–H and O–H groups in total. The highest BCUT2D eigenvalue weighted by molar-refractivity contribution is 7.98. The second kappa shape index (κ2) is 4.16. The Morgan fingerprint density at radius 3 is 2.15 bits per heavy atom. The topological polar surface area (TPSA) is 20.2 Å². The molecule has 1 rings (SSSR count). The number of rotatable bonds is 3. The van der Waals surface area contributed by atoms with E-state index in [9.17, 15) is 5.11 Å². The molecule has 1 atom stereocenters. The van der Waals surface area contributed by atoms with E-state index in [2.05, 4.69) is 12.1 Å². The Hall–Kier alpha value is -0.470. The largest absolute Gasteiger partial charge is 0.389 e. The molecule has 13 heavy (non-hydrogen) atoms. The van der Waals surface area contributed by atoms with Crippen LogP contribution in [-0.4, -0.2) is 17.0 Å². The van der Waals surface area contributed by atoms with Crippen LogP contribution in [0.2, 0.25) is 0 Å². The lowest BCUT2D eigenvalue weighted by atomic mass is 9.98. The van der Waals surface area contributed by atoms with E-state index >= 15 is 0 Å². The van der Waals surface area contributed by atoms with Crippen molar-refractivity contribution in [2.24, 2.45) is 0 Å². The third-order valence-electron chi connectivity index (χ3n) is 1.98.